The van der Waals surface area contributed by atoms with Gasteiger partial charge in [0.25, 0.3) is 11.1 Å². The quantitative estimate of drug-likeness (QED) is 0.839. The number of amides is 2. The molecule has 0 aliphatic carbocycles. The van der Waals surface area contributed by atoms with Crippen LogP contribution in [0.1, 0.15) is 18.5 Å². The molecule has 0 spiro atoms. The van der Waals surface area contributed by atoms with Crippen LogP contribution < -0.4 is 10.2 Å². The van der Waals surface area contributed by atoms with E-state index in [9.17, 15) is 14.0 Å². The summed E-state index contributed by atoms with van der Waals surface area (Å²) in [6.07, 6.45) is 3.34. The van der Waals surface area contributed by atoms with Gasteiger partial charge in [0.15, 0.2) is 0 Å². The maximum atomic E-state index is 13.1. The average molecular weight is 308 g/mol. The second-order valence-electron chi connectivity index (χ2n) is 4.80. The zero-order chi connectivity index (χ0) is 14.8. The number of nitrogens with one attached hydrogen (secondary N) is 1. The van der Waals surface area contributed by atoms with Gasteiger partial charge in [0, 0.05) is 19.3 Å². The van der Waals surface area contributed by atoms with Crippen LogP contribution in [-0.2, 0) is 4.79 Å². The molecule has 0 aromatic carbocycles. The van der Waals surface area contributed by atoms with Gasteiger partial charge in [-0.2, -0.15) is 0 Å². The lowest BCUT2D eigenvalue weighted by molar-refractivity contribution is -0.115. The third-order valence-electron chi connectivity index (χ3n) is 3.29. The molecule has 1 aromatic rings. The van der Waals surface area contributed by atoms with Crippen molar-refractivity contribution in [3.63, 3.8) is 0 Å². The molecule has 2 fully saturated rings. The van der Waals surface area contributed by atoms with Crippen molar-refractivity contribution in [3.05, 3.63) is 22.9 Å². The molecular formula is C13H13FN4O2S. The number of nitrogens with zero attached hydrogens (tertiary/aromatic N) is 3. The van der Waals surface area contributed by atoms with Crippen LogP contribution in [0.2, 0.25) is 0 Å². The van der Waals surface area contributed by atoms with Gasteiger partial charge in [0.05, 0.1) is 10.6 Å². The molecule has 2 saturated heterocycles. The van der Waals surface area contributed by atoms with Gasteiger partial charge in [0.2, 0.25) is 5.95 Å². The Balaban J connectivity index is 1.79. The predicted octanol–water partition coefficient (Wildman–Crippen LogP) is 1.74. The Labute approximate surface area is 124 Å². The maximum absolute atomic E-state index is 13.1. The summed E-state index contributed by atoms with van der Waals surface area (Å²) >= 11 is 0.848. The number of hydrogen-bond donors (Lipinski definition) is 1. The normalized spacial score (nSPS) is 22.0. The summed E-state index contributed by atoms with van der Waals surface area (Å²) in [4.78, 5) is 33.4. The highest BCUT2D eigenvalue weighted by atomic mass is 32.2. The van der Waals surface area contributed by atoms with E-state index in [4.69, 9.17) is 0 Å². The van der Waals surface area contributed by atoms with E-state index in [-0.39, 0.29) is 5.24 Å². The second kappa shape index (κ2) is 5.80. The summed E-state index contributed by atoms with van der Waals surface area (Å²) in [6, 6.07) is 1.66. The van der Waals surface area contributed by atoms with Crippen molar-refractivity contribution in [2.75, 3.05) is 18.0 Å². The minimum absolute atomic E-state index is 0.312. The van der Waals surface area contributed by atoms with E-state index in [0.29, 0.717) is 42.5 Å². The molecule has 0 bridgehead atoms. The molecule has 3 heterocycles. The average Bonchev–Trinajstić information content (AvgIpc) is 2.78. The molecule has 1 N–H and O–H groups in total. The smallest absolute Gasteiger partial charge is 0.290 e. The van der Waals surface area contributed by atoms with E-state index in [1.807, 2.05) is 4.90 Å². The van der Waals surface area contributed by atoms with Gasteiger partial charge < -0.3 is 4.90 Å². The number of anilines is 1. The predicted molar refractivity (Wildman–Crippen MR) is 77.5 cm³/mol. The lowest BCUT2D eigenvalue weighted by atomic mass is 10.1. The molecule has 21 heavy (non-hydrogen) atoms. The highest BCUT2D eigenvalue weighted by Crippen LogP contribution is 2.25. The van der Waals surface area contributed by atoms with Gasteiger partial charge in [-0.25, -0.2) is 14.4 Å². The molecular weight excluding hydrogens is 295 g/mol. The molecule has 2 aliphatic rings. The molecule has 1 aromatic heterocycles. The van der Waals surface area contributed by atoms with Crippen molar-refractivity contribution in [1.82, 2.24) is 15.3 Å². The number of piperidine rings is 1. The summed E-state index contributed by atoms with van der Waals surface area (Å²) < 4.78 is 13.1. The van der Waals surface area contributed by atoms with Crippen molar-refractivity contribution >= 4 is 34.9 Å². The summed E-state index contributed by atoms with van der Waals surface area (Å²) in [7, 11) is 0. The highest BCUT2D eigenvalue weighted by Gasteiger charge is 2.25. The number of carbonyl (C=O) groups excluding carboxylic acids is 2. The first-order chi connectivity index (χ1) is 10.1. The number of alkyl halides is 1. The van der Waals surface area contributed by atoms with Crippen LogP contribution in [0.5, 0.6) is 0 Å². The monoisotopic (exact) mass is 308 g/mol. The van der Waals surface area contributed by atoms with Gasteiger partial charge >= 0.3 is 0 Å². The summed E-state index contributed by atoms with van der Waals surface area (Å²) in [5.74, 6) is 0.106. The number of imide groups is 1. The number of hydrogen-bond acceptors (Lipinski definition) is 6. The second-order valence-corrected chi connectivity index (χ2v) is 5.81. The Bertz CT molecular complexity index is 614. The zero-order valence-corrected chi connectivity index (χ0v) is 11.9. The SMILES string of the molecule is O=C1NC(=O)/C(=C/c2ccnc(N3CCC(F)CC3)n2)S1. The van der Waals surface area contributed by atoms with Gasteiger partial charge in [-0.05, 0) is 36.7 Å². The summed E-state index contributed by atoms with van der Waals surface area (Å²) in [6.45, 7) is 1.16. The van der Waals surface area contributed by atoms with E-state index < -0.39 is 12.1 Å². The molecule has 3 rings (SSSR count). The number of halogens is 1. The molecule has 2 aliphatic heterocycles. The lowest BCUT2D eigenvalue weighted by Gasteiger charge is -2.28. The van der Waals surface area contributed by atoms with E-state index in [2.05, 4.69) is 15.3 Å². The van der Waals surface area contributed by atoms with Gasteiger partial charge in [-0.3, -0.25) is 14.9 Å². The van der Waals surface area contributed by atoms with E-state index in [1.54, 1.807) is 18.3 Å². The molecule has 8 heteroatoms. The topological polar surface area (TPSA) is 75.2 Å². The maximum Gasteiger partial charge on any atom is 0.290 e. The Morgan fingerprint density at radius 2 is 2.14 bits per heavy atom. The first-order valence-corrected chi connectivity index (χ1v) is 7.40. The van der Waals surface area contributed by atoms with Crippen LogP contribution >= 0.6 is 11.8 Å². The molecule has 0 unspecified atom stereocenters. The van der Waals surface area contributed by atoms with Crippen molar-refractivity contribution in [1.29, 1.82) is 0 Å². The van der Waals surface area contributed by atoms with Crippen molar-refractivity contribution in [3.8, 4) is 0 Å². The van der Waals surface area contributed by atoms with Crippen LogP contribution in [0.25, 0.3) is 6.08 Å². The van der Waals surface area contributed by atoms with E-state index in [1.165, 1.54) is 0 Å². The number of rotatable bonds is 2. The molecule has 0 radical (unpaired) electrons. The largest absolute Gasteiger partial charge is 0.341 e. The first kappa shape index (κ1) is 14.0. The summed E-state index contributed by atoms with van der Waals surface area (Å²) in [5, 5.41) is 1.81. The Kier molecular flexibility index (Phi) is 3.87. The Morgan fingerprint density at radius 3 is 2.81 bits per heavy atom. The molecule has 6 nitrogen and oxygen atoms in total. The fourth-order valence-corrected chi connectivity index (χ4v) is 2.86. The molecule has 0 atom stereocenters. The number of aromatic nitrogens is 2. The Hall–Kier alpha value is -1.96. The van der Waals surface area contributed by atoms with Crippen LogP contribution in [0.3, 0.4) is 0 Å². The van der Waals surface area contributed by atoms with E-state index >= 15 is 0 Å². The van der Waals surface area contributed by atoms with Crippen LogP contribution in [-0.4, -0.2) is 40.4 Å². The third kappa shape index (κ3) is 3.21. The van der Waals surface area contributed by atoms with Crippen molar-refractivity contribution in [2.45, 2.75) is 19.0 Å². The molecule has 2 amide bonds. The third-order valence-corrected chi connectivity index (χ3v) is 4.10. The zero-order valence-electron chi connectivity index (χ0n) is 11.1. The van der Waals surface area contributed by atoms with Gasteiger partial charge in [-0.1, -0.05) is 0 Å². The number of thioether (sulfide) groups is 1. The van der Waals surface area contributed by atoms with Crippen LogP contribution in [0.4, 0.5) is 15.1 Å². The minimum Gasteiger partial charge on any atom is -0.341 e. The van der Waals surface area contributed by atoms with E-state index in [0.717, 1.165) is 11.8 Å². The fraction of sp³-hybridized carbons (Fsp3) is 0.385. The fourth-order valence-electron chi connectivity index (χ4n) is 2.20. The lowest BCUT2D eigenvalue weighted by Crippen LogP contribution is -2.35. The van der Waals surface area contributed by atoms with Gasteiger partial charge in [-0.15, -0.1) is 0 Å². The minimum atomic E-state index is -0.754. The van der Waals surface area contributed by atoms with Crippen molar-refractivity contribution < 1.29 is 14.0 Å². The van der Waals surface area contributed by atoms with Crippen LogP contribution in [0, 0.1) is 0 Å². The summed E-state index contributed by atoms with van der Waals surface area (Å²) in [5.41, 5.74) is 0.551. The number of carbonyl (C=O) groups is 2. The first-order valence-electron chi connectivity index (χ1n) is 6.59. The van der Waals surface area contributed by atoms with Gasteiger partial charge in [0.1, 0.15) is 6.17 Å². The Morgan fingerprint density at radius 1 is 1.38 bits per heavy atom. The highest BCUT2D eigenvalue weighted by molar-refractivity contribution is 8.18. The molecule has 110 valence electrons. The standard InChI is InChI=1S/C13H13FN4O2S/c14-8-2-5-18(6-3-8)12-15-4-1-9(16-12)7-10-11(19)17-13(20)21-10/h1,4,7-8H,2-3,5-6H2,(H,17,19,20)/b10-7-. The van der Waals surface area contributed by atoms with Crippen molar-refractivity contribution in [2.24, 2.45) is 0 Å². The van der Waals surface area contributed by atoms with Crippen LogP contribution in [0.15, 0.2) is 17.2 Å². The molecule has 0 saturated carbocycles.